The van der Waals surface area contributed by atoms with Crippen LogP contribution in [0, 0.1) is 5.92 Å². The minimum absolute atomic E-state index is 0.439. The van der Waals surface area contributed by atoms with Gasteiger partial charge in [-0.15, -0.1) is 0 Å². The van der Waals surface area contributed by atoms with Gasteiger partial charge in [-0.2, -0.15) is 0 Å². The van der Waals surface area contributed by atoms with Crippen molar-refractivity contribution in [3.8, 4) is 11.5 Å². The SMILES string of the molecule is CC1CCc2ccc(Oc3ccccc3)cc2C(Br)C1. The lowest BCUT2D eigenvalue weighted by atomic mass is 10.0. The van der Waals surface area contributed by atoms with E-state index < -0.39 is 0 Å². The maximum atomic E-state index is 5.94. The molecule has 0 aromatic heterocycles. The second-order valence-corrected chi connectivity index (χ2v) is 6.73. The Kier molecular flexibility index (Phi) is 4.11. The quantitative estimate of drug-likeness (QED) is 0.493. The summed E-state index contributed by atoms with van der Waals surface area (Å²) in [5.74, 6) is 2.58. The normalized spacial score (nSPS) is 21.9. The van der Waals surface area contributed by atoms with Crippen molar-refractivity contribution in [1.82, 2.24) is 0 Å². The summed E-state index contributed by atoms with van der Waals surface area (Å²) < 4.78 is 5.94. The van der Waals surface area contributed by atoms with Gasteiger partial charge in [0, 0.05) is 4.83 Å². The van der Waals surface area contributed by atoms with Crippen LogP contribution in [0.4, 0.5) is 0 Å². The first-order chi connectivity index (χ1) is 9.72. The van der Waals surface area contributed by atoms with Gasteiger partial charge in [-0.1, -0.05) is 47.1 Å². The zero-order chi connectivity index (χ0) is 13.9. The standard InChI is InChI=1S/C18H19BrO/c1-13-7-8-14-9-10-16(12-17(14)18(19)11-13)20-15-5-3-2-4-6-15/h2-6,9-10,12-13,18H,7-8,11H2,1H3. The van der Waals surface area contributed by atoms with Gasteiger partial charge < -0.3 is 4.74 Å². The Labute approximate surface area is 129 Å². The largest absolute Gasteiger partial charge is 0.457 e. The molecule has 104 valence electrons. The number of ether oxygens (including phenoxy) is 1. The van der Waals surface area contributed by atoms with Crippen molar-refractivity contribution in [3.63, 3.8) is 0 Å². The van der Waals surface area contributed by atoms with Crippen LogP contribution in [0.3, 0.4) is 0 Å². The number of hydrogen-bond acceptors (Lipinski definition) is 1. The molecular formula is C18H19BrO. The Morgan fingerprint density at radius 1 is 1.05 bits per heavy atom. The highest BCUT2D eigenvalue weighted by Crippen LogP contribution is 2.39. The minimum atomic E-state index is 0.439. The van der Waals surface area contributed by atoms with Crippen molar-refractivity contribution in [2.45, 2.75) is 31.0 Å². The van der Waals surface area contributed by atoms with Gasteiger partial charge >= 0.3 is 0 Å². The zero-order valence-corrected chi connectivity index (χ0v) is 13.3. The van der Waals surface area contributed by atoms with Crippen LogP contribution in [0.2, 0.25) is 0 Å². The van der Waals surface area contributed by atoms with E-state index in [4.69, 9.17) is 4.74 Å². The van der Waals surface area contributed by atoms with Gasteiger partial charge in [0.25, 0.3) is 0 Å². The summed E-state index contributed by atoms with van der Waals surface area (Å²) in [6.07, 6.45) is 3.64. The first-order valence-electron chi connectivity index (χ1n) is 7.22. The van der Waals surface area contributed by atoms with Crippen LogP contribution in [-0.2, 0) is 6.42 Å². The molecule has 0 spiro atoms. The Balaban J connectivity index is 1.87. The Bertz CT molecular complexity index is 579. The lowest BCUT2D eigenvalue weighted by Gasteiger charge is -2.14. The van der Waals surface area contributed by atoms with Gasteiger partial charge in [0.05, 0.1) is 0 Å². The second-order valence-electron chi connectivity index (χ2n) is 5.62. The number of fused-ring (bicyclic) bond motifs is 1. The van der Waals surface area contributed by atoms with Crippen LogP contribution in [0.5, 0.6) is 11.5 Å². The van der Waals surface area contributed by atoms with Gasteiger partial charge in [0.1, 0.15) is 11.5 Å². The topological polar surface area (TPSA) is 9.23 Å². The highest BCUT2D eigenvalue weighted by Gasteiger charge is 2.20. The number of halogens is 1. The van der Waals surface area contributed by atoms with Gasteiger partial charge in [-0.05, 0) is 60.6 Å². The van der Waals surface area contributed by atoms with Gasteiger partial charge in [-0.25, -0.2) is 0 Å². The summed E-state index contributed by atoms with van der Waals surface area (Å²) in [6, 6.07) is 16.5. The van der Waals surface area contributed by atoms with Gasteiger partial charge in [0.15, 0.2) is 0 Å². The van der Waals surface area contributed by atoms with Crippen molar-refractivity contribution >= 4 is 15.9 Å². The molecule has 20 heavy (non-hydrogen) atoms. The lowest BCUT2D eigenvalue weighted by Crippen LogP contribution is -1.96. The molecule has 0 saturated heterocycles. The van der Waals surface area contributed by atoms with E-state index in [1.54, 1.807) is 0 Å². The van der Waals surface area contributed by atoms with E-state index in [1.165, 1.54) is 30.4 Å². The van der Waals surface area contributed by atoms with E-state index in [0.29, 0.717) is 4.83 Å². The molecule has 1 nitrogen and oxygen atoms in total. The van der Waals surface area contributed by atoms with Crippen molar-refractivity contribution < 1.29 is 4.74 Å². The molecule has 0 heterocycles. The molecule has 2 aromatic carbocycles. The summed E-state index contributed by atoms with van der Waals surface area (Å²) in [5.41, 5.74) is 2.85. The fourth-order valence-corrected chi connectivity index (χ4v) is 3.84. The van der Waals surface area contributed by atoms with Crippen LogP contribution in [0.15, 0.2) is 48.5 Å². The van der Waals surface area contributed by atoms with E-state index in [1.807, 2.05) is 30.3 Å². The summed E-state index contributed by atoms with van der Waals surface area (Å²) in [4.78, 5) is 0.439. The summed E-state index contributed by atoms with van der Waals surface area (Å²) in [5, 5.41) is 0. The molecule has 0 N–H and O–H groups in total. The third-order valence-corrected chi connectivity index (χ3v) is 4.82. The summed E-state index contributed by atoms with van der Waals surface area (Å²) >= 11 is 3.84. The van der Waals surface area contributed by atoms with Crippen LogP contribution >= 0.6 is 15.9 Å². The molecule has 0 aliphatic heterocycles. The molecule has 3 rings (SSSR count). The van der Waals surface area contributed by atoms with Gasteiger partial charge in [-0.3, -0.25) is 0 Å². The van der Waals surface area contributed by atoms with Crippen LogP contribution in [0.25, 0.3) is 0 Å². The van der Waals surface area contributed by atoms with Crippen LogP contribution < -0.4 is 4.74 Å². The highest BCUT2D eigenvalue weighted by atomic mass is 79.9. The molecule has 2 atom stereocenters. The Hall–Kier alpha value is -1.28. The first kappa shape index (κ1) is 13.7. The molecule has 1 aliphatic carbocycles. The lowest BCUT2D eigenvalue weighted by molar-refractivity contribution is 0.481. The van der Waals surface area contributed by atoms with E-state index in [0.717, 1.165) is 17.4 Å². The predicted molar refractivity (Wildman–Crippen MR) is 86.7 cm³/mol. The van der Waals surface area contributed by atoms with E-state index in [2.05, 4.69) is 41.1 Å². The number of para-hydroxylation sites is 1. The van der Waals surface area contributed by atoms with Crippen molar-refractivity contribution in [2.24, 2.45) is 5.92 Å². The van der Waals surface area contributed by atoms with Crippen molar-refractivity contribution in [3.05, 3.63) is 59.7 Å². The molecule has 0 bridgehead atoms. The fraction of sp³-hybridized carbons (Fsp3) is 0.333. The van der Waals surface area contributed by atoms with E-state index >= 15 is 0 Å². The fourth-order valence-electron chi connectivity index (χ4n) is 2.78. The number of rotatable bonds is 2. The number of alkyl halides is 1. The molecule has 0 radical (unpaired) electrons. The van der Waals surface area contributed by atoms with Crippen molar-refractivity contribution in [2.75, 3.05) is 0 Å². The van der Waals surface area contributed by atoms with Crippen molar-refractivity contribution in [1.29, 1.82) is 0 Å². The van der Waals surface area contributed by atoms with E-state index in [9.17, 15) is 0 Å². The maximum Gasteiger partial charge on any atom is 0.127 e. The highest BCUT2D eigenvalue weighted by molar-refractivity contribution is 9.09. The molecule has 0 amide bonds. The van der Waals surface area contributed by atoms with Crippen LogP contribution in [-0.4, -0.2) is 0 Å². The number of benzene rings is 2. The second kappa shape index (κ2) is 6.01. The summed E-state index contributed by atoms with van der Waals surface area (Å²) in [7, 11) is 0. The molecule has 0 saturated carbocycles. The molecule has 0 fully saturated rings. The number of hydrogen-bond donors (Lipinski definition) is 0. The molecule has 2 heteroatoms. The Morgan fingerprint density at radius 2 is 1.85 bits per heavy atom. The minimum Gasteiger partial charge on any atom is -0.457 e. The first-order valence-corrected chi connectivity index (χ1v) is 8.14. The predicted octanol–water partition coefficient (Wildman–Crippen LogP) is 5.89. The average molecular weight is 331 g/mol. The zero-order valence-electron chi connectivity index (χ0n) is 11.7. The third-order valence-electron chi connectivity index (χ3n) is 3.95. The Morgan fingerprint density at radius 3 is 2.65 bits per heavy atom. The van der Waals surface area contributed by atoms with Crippen LogP contribution in [0.1, 0.15) is 35.7 Å². The third kappa shape index (κ3) is 3.06. The smallest absolute Gasteiger partial charge is 0.127 e. The molecular weight excluding hydrogens is 312 g/mol. The molecule has 2 unspecified atom stereocenters. The average Bonchev–Trinajstić information content (AvgIpc) is 2.59. The van der Waals surface area contributed by atoms with Gasteiger partial charge in [0.2, 0.25) is 0 Å². The molecule has 1 aliphatic rings. The number of aryl methyl sites for hydroxylation is 1. The van der Waals surface area contributed by atoms with E-state index in [-0.39, 0.29) is 0 Å². The molecule has 2 aromatic rings. The monoisotopic (exact) mass is 330 g/mol. The maximum absolute atomic E-state index is 5.94. The summed E-state index contributed by atoms with van der Waals surface area (Å²) in [6.45, 7) is 2.33.